The van der Waals surface area contributed by atoms with Gasteiger partial charge in [-0.05, 0) is 73.4 Å². The molecular formula is C63H45N3. The summed E-state index contributed by atoms with van der Waals surface area (Å²) in [4.78, 5) is 10.3. The number of aromatic nitrogens is 2. The Labute approximate surface area is 386 Å². The van der Waals surface area contributed by atoms with Gasteiger partial charge in [0.05, 0.1) is 23.1 Å². The predicted octanol–water partition coefficient (Wildman–Crippen LogP) is 15.6. The number of dihydropyridines is 1. The highest BCUT2D eigenvalue weighted by molar-refractivity contribution is 6.24. The normalized spacial score (nSPS) is 13.6. The molecule has 0 amide bonds. The Morgan fingerprint density at radius 1 is 0.273 bits per heavy atom. The Kier molecular flexibility index (Phi) is 11.1. The summed E-state index contributed by atoms with van der Waals surface area (Å²) >= 11 is 0. The highest BCUT2D eigenvalue weighted by atomic mass is 14.9. The summed E-state index contributed by atoms with van der Waals surface area (Å²) in [6.45, 7) is 0. The van der Waals surface area contributed by atoms with Crippen molar-refractivity contribution in [1.82, 2.24) is 15.3 Å². The Hall–Kier alpha value is -8.66. The lowest BCUT2D eigenvalue weighted by Gasteiger charge is -2.36. The molecular weight excluding hydrogens is 799 g/mol. The van der Waals surface area contributed by atoms with E-state index < -0.39 is 0 Å². The van der Waals surface area contributed by atoms with E-state index in [1.54, 1.807) is 0 Å². The van der Waals surface area contributed by atoms with Crippen molar-refractivity contribution in [3.05, 3.63) is 289 Å². The van der Waals surface area contributed by atoms with Crippen LogP contribution in [0.1, 0.15) is 33.9 Å². The SMILES string of the molecule is c1ccc(C2=C(c3ccccc3)C(c3ccc(-c4cccc(-c5cc(-c6ccc(-c7ccccc7)cc6)nc(-c6ccccc6)n5)c4)cc3)=C(c3ccccc3)C(c3ccccc3)N2)cc1. The third kappa shape index (κ3) is 8.18. The Balaban J connectivity index is 1.03. The minimum Gasteiger partial charge on any atom is -0.373 e. The van der Waals surface area contributed by atoms with Crippen molar-refractivity contribution in [2.24, 2.45) is 0 Å². The zero-order valence-electron chi connectivity index (χ0n) is 36.3. The average Bonchev–Trinajstić information content (AvgIpc) is 3.42. The second kappa shape index (κ2) is 18.2. The van der Waals surface area contributed by atoms with E-state index in [-0.39, 0.29) is 6.04 Å². The second-order valence-electron chi connectivity index (χ2n) is 16.6. The van der Waals surface area contributed by atoms with Gasteiger partial charge >= 0.3 is 0 Å². The molecule has 312 valence electrons. The van der Waals surface area contributed by atoms with Crippen LogP contribution in [0.25, 0.3) is 78.6 Å². The number of hydrogen-bond acceptors (Lipinski definition) is 3. The quantitative estimate of drug-likeness (QED) is 0.149. The van der Waals surface area contributed by atoms with Gasteiger partial charge in [-0.3, -0.25) is 0 Å². The number of nitrogens with one attached hydrogen (secondary N) is 1. The van der Waals surface area contributed by atoms with Gasteiger partial charge in [-0.1, -0.05) is 249 Å². The number of benzene rings is 9. The van der Waals surface area contributed by atoms with Crippen molar-refractivity contribution in [3.8, 4) is 56.2 Å². The molecule has 1 aromatic heterocycles. The maximum atomic E-state index is 5.18. The molecule has 1 unspecified atom stereocenters. The van der Waals surface area contributed by atoms with Gasteiger partial charge in [0.25, 0.3) is 0 Å². The molecule has 0 saturated carbocycles. The van der Waals surface area contributed by atoms with Crippen molar-refractivity contribution in [2.45, 2.75) is 6.04 Å². The number of hydrogen-bond donors (Lipinski definition) is 1. The number of nitrogens with zero attached hydrogens (tertiary/aromatic N) is 2. The first-order chi connectivity index (χ1) is 32.7. The lowest BCUT2D eigenvalue weighted by Crippen LogP contribution is -2.27. The topological polar surface area (TPSA) is 37.8 Å². The first-order valence-corrected chi connectivity index (χ1v) is 22.5. The van der Waals surface area contributed by atoms with Crippen LogP contribution < -0.4 is 5.32 Å². The smallest absolute Gasteiger partial charge is 0.160 e. The molecule has 1 aliphatic rings. The lowest BCUT2D eigenvalue weighted by atomic mass is 9.77. The Morgan fingerprint density at radius 3 is 1.26 bits per heavy atom. The maximum absolute atomic E-state index is 5.18. The van der Waals surface area contributed by atoms with Crippen molar-refractivity contribution < 1.29 is 0 Å². The molecule has 11 rings (SSSR count). The fourth-order valence-corrected chi connectivity index (χ4v) is 9.15. The van der Waals surface area contributed by atoms with Crippen LogP contribution in [0.3, 0.4) is 0 Å². The van der Waals surface area contributed by atoms with Gasteiger partial charge < -0.3 is 5.32 Å². The Bertz CT molecular complexity index is 3310. The van der Waals surface area contributed by atoms with Gasteiger partial charge in [0.15, 0.2) is 5.82 Å². The van der Waals surface area contributed by atoms with Gasteiger partial charge in [-0.2, -0.15) is 0 Å². The van der Waals surface area contributed by atoms with E-state index in [4.69, 9.17) is 9.97 Å². The molecule has 9 aromatic carbocycles. The summed E-state index contributed by atoms with van der Waals surface area (Å²) in [7, 11) is 0. The second-order valence-corrected chi connectivity index (χ2v) is 16.6. The van der Waals surface area contributed by atoms with Crippen LogP contribution in [0, 0.1) is 0 Å². The zero-order chi connectivity index (χ0) is 44.1. The average molecular weight is 844 g/mol. The molecule has 1 atom stereocenters. The van der Waals surface area contributed by atoms with Crippen LogP contribution >= 0.6 is 0 Å². The predicted molar refractivity (Wildman–Crippen MR) is 274 cm³/mol. The zero-order valence-corrected chi connectivity index (χ0v) is 36.3. The molecule has 1 N–H and O–H groups in total. The third-order valence-corrected chi connectivity index (χ3v) is 12.4. The van der Waals surface area contributed by atoms with Crippen LogP contribution in [0.15, 0.2) is 261 Å². The van der Waals surface area contributed by atoms with E-state index in [1.807, 2.05) is 24.3 Å². The molecule has 66 heavy (non-hydrogen) atoms. The number of allylic oxidation sites excluding steroid dienone is 2. The lowest BCUT2D eigenvalue weighted by molar-refractivity contribution is 0.787. The molecule has 3 heteroatoms. The van der Waals surface area contributed by atoms with Gasteiger partial charge in [0.1, 0.15) is 0 Å². The standard InChI is InChI=1S/C63H45N3/c1-7-20-44(21-8-1)45-34-38-47(39-35-45)56-43-57(65-63(64-56)53-30-17-6-18-31-53)55-33-19-32-54(42-55)46-36-40-50(41-37-46)58-59(48-22-9-2-10-23-48)61(51-26-13-4-14-27-51)66-62(52-28-15-5-16-29-52)60(58)49-24-11-3-12-25-49/h1-43,61,66H. The van der Waals surface area contributed by atoms with Crippen LogP contribution in [0.2, 0.25) is 0 Å². The number of rotatable bonds is 10. The van der Waals surface area contributed by atoms with Crippen molar-refractivity contribution in [3.63, 3.8) is 0 Å². The summed E-state index contributed by atoms with van der Waals surface area (Å²) in [5.74, 6) is 0.695. The molecule has 0 fully saturated rings. The molecule has 0 spiro atoms. The van der Waals surface area contributed by atoms with Crippen LogP contribution in [-0.4, -0.2) is 9.97 Å². The van der Waals surface area contributed by atoms with Crippen LogP contribution in [0.4, 0.5) is 0 Å². The summed E-state index contributed by atoms with van der Waals surface area (Å²) in [5.41, 5.74) is 19.9. The molecule has 1 aliphatic heterocycles. The molecule has 3 nitrogen and oxygen atoms in total. The first-order valence-electron chi connectivity index (χ1n) is 22.5. The van der Waals surface area contributed by atoms with Gasteiger partial charge in [-0.15, -0.1) is 0 Å². The molecule has 2 heterocycles. The van der Waals surface area contributed by atoms with E-state index in [0.717, 1.165) is 61.6 Å². The maximum Gasteiger partial charge on any atom is 0.160 e. The van der Waals surface area contributed by atoms with E-state index in [1.165, 1.54) is 39.0 Å². The minimum absolute atomic E-state index is 0.108. The van der Waals surface area contributed by atoms with E-state index >= 15 is 0 Å². The first kappa shape index (κ1) is 40.1. The van der Waals surface area contributed by atoms with Gasteiger partial charge in [0.2, 0.25) is 0 Å². The van der Waals surface area contributed by atoms with Crippen LogP contribution in [-0.2, 0) is 0 Å². The van der Waals surface area contributed by atoms with E-state index in [0.29, 0.717) is 5.82 Å². The highest BCUT2D eigenvalue weighted by Crippen LogP contribution is 2.50. The fourth-order valence-electron chi connectivity index (χ4n) is 9.15. The monoisotopic (exact) mass is 843 g/mol. The third-order valence-electron chi connectivity index (χ3n) is 12.4. The largest absolute Gasteiger partial charge is 0.373 e. The van der Waals surface area contributed by atoms with Crippen LogP contribution in [0.5, 0.6) is 0 Å². The minimum atomic E-state index is -0.108. The molecule has 0 radical (unpaired) electrons. The highest BCUT2D eigenvalue weighted by Gasteiger charge is 2.33. The molecule has 0 saturated heterocycles. The van der Waals surface area contributed by atoms with Crippen molar-refractivity contribution in [2.75, 3.05) is 0 Å². The van der Waals surface area contributed by atoms with Gasteiger partial charge in [0, 0.05) is 22.3 Å². The van der Waals surface area contributed by atoms with E-state index in [9.17, 15) is 0 Å². The summed E-state index contributed by atoms with van der Waals surface area (Å²) in [6.07, 6.45) is 0. The summed E-state index contributed by atoms with van der Waals surface area (Å²) in [6, 6.07) is 92.5. The fraction of sp³-hybridized carbons (Fsp3) is 0.0159. The molecule has 0 aliphatic carbocycles. The van der Waals surface area contributed by atoms with Crippen molar-refractivity contribution in [1.29, 1.82) is 0 Å². The summed E-state index contributed by atoms with van der Waals surface area (Å²) in [5, 5.41) is 4.09. The van der Waals surface area contributed by atoms with E-state index in [2.05, 4.69) is 242 Å². The molecule has 0 bridgehead atoms. The van der Waals surface area contributed by atoms with Crippen molar-refractivity contribution >= 4 is 22.4 Å². The van der Waals surface area contributed by atoms with Gasteiger partial charge in [-0.25, -0.2) is 9.97 Å². The summed E-state index contributed by atoms with van der Waals surface area (Å²) < 4.78 is 0. The Morgan fingerprint density at radius 2 is 0.667 bits per heavy atom. The molecule has 10 aromatic rings.